The standard InChI is InChI=1S/C33H40N2/c1-20(2)24-14-11-15-25(21(3)4)30(24)31-22(5)34-32-27-13-10-9-12-26(27)28-18-23(19-33(6,7)8)16-17-29(28)35(31)32/h9-18,20-21,32,34H,19H2,1-8H3. The van der Waals surface area contributed by atoms with Gasteiger partial charge in [0.25, 0.3) is 0 Å². The minimum absolute atomic E-state index is 0.113. The lowest BCUT2D eigenvalue weighted by molar-refractivity contribution is 0.411. The van der Waals surface area contributed by atoms with Gasteiger partial charge in [-0.15, -0.1) is 0 Å². The second-order valence-corrected chi connectivity index (χ2v) is 12.2. The minimum Gasteiger partial charge on any atom is -0.363 e. The summed E-state index contributed by atoms with van der Waals surface area (Å²) in [4.78, 5) is 2.58. The van der Waals surface area contributed by atoms with Crippen molar-refractivity contribution in [3.05, 3.63) is 94.2 Å². The lowest BCUT2D eigenvalue weighted by Crippen LogP contribution is -2.33. The third-order valence-corrected chi connectivity index (χ3v) is 7.42. The van der Waals surface area contributed by atoms with Gasteiger partial charge in [0.15, 0.2) is 0 Å². The highest BCUT2D eigenvalue weighted by Gasteiger charge is 2.40. The van der Waals surface area contributed by atoms with E-state index >= 15 is 0 Å². The van der Waals surface area contributed by atoms with Crippen molar-refractivity contribution in [1.82, 2.24) is 5.32 Å². The zero-order chi connectivity index (χ0) is 25.1. The second kappa shape index (κ2) is 8.59. The fourth-order valence-corrected chi connectivity index (χ4v) is 5.97. The molecule has 0 aromatic heterocycles. The van der Waals surface area contributed by atoms with E-state index in [1.165, 1.54) is 56.0 Å². The summed E-state index contributed by atoms with van der Waals surface area (Å²) >= 11 is 0. The maximum Gasteiger partial charge on any atom is 0.131 e. The fourth-order valence-electron chi connectivity index (χ4n) is 5.97. The molecule has 2 heterocycles. The van der Waals surface area contributed by atoms with Crippen LogP contribution in [0, 0.1) is 5.41 Å². The monoisotopic (exact) mass is 464 g/mol. The Morgan fingerprint density at radius 1 is 0.829 bits per heavy atom. The molecule has 0 saturated heterocycles. The van der Waals surface area contributed by atoms with Crippen molar-refractivity contribution < 1.29 is 0 Å². The lowest BCUT2D eigenvalue weighted by atomic mass is 9.83. The van der Waals surface area contributed by atoms with E-state index < -0.39 is 0 Å². The van der Waals surface area contributed by atoms with E-state index in [1.54, 1.807) is 0 Å². The number of nitrogens with zero attached hydrogens (tertiary/aromatic N) is 1. The van der Waals surface area contributed by atoms with Crippen molar-refractivity contribution in [2.45, 2.75) is 79.8 Å². The molecule has 2 aliphatic heterocycles. The molecule has 0 bridgehead atoms. The topological polar surface area (TPSA) is 15.3 Å². The van der Waals surface area contributed by atoms with E-state index in [2.05, 4.69) is 126 Å². The fraction of sp³-hybridized carbons (Fsp3) is 0.394. The first-order valence-corrected chi connectivity index (χ1v) is 13.2. The summed E-state index contributed by atoms with van der Waals surface area (Å²) in [5, 5.41) is 3.89. The first kappa shape index (κ1) is 23.7. The number of benzene rings is 3. The smallest absolute Gasteiger partial charge is 0.131 e. The molecule has 182 valence electrons. The quantitative estimate of drug-likeness (QED) is 0.414. The van der Waals surface area contributed by atoms with E-state index in [0.29, 0.717) is 11.8 Å². The summed E-state index contributed by atoms with van der Waals surface area (Å²) in [6, 6.07) is 23.0. The predicted octanol–water partition coefficient (Wildman–Crippen LogP) is 9.00. The molecule has 35 heavy (non-hydrogen) atoms. The van der Waals surface area contributed by atoms with E-state index in [9.17, 15) is 0 Å². The van der Waals surface area contributed by atoms with Crippen molar-refractivity contribution in [3.63, 3.8) is 0 Å². The Hall–Kier alpha value is -3.00. The van der Waals surface area contributed by atoms with Gasteiger partial charge in [-0.3, -0.25) is 0 Å². The van der Waals surface area contributed by atoms with Gasteiger partial charge in [0.1, 0.15) is 6.17 Å². The number of rotatable bonds is 4. The van der Waals surface area contributed by atoms with Crippen molar-refractivity contribution in [1.29, 1.82) is 0 Å². The number of hydrogen-bond acceptors (Lipinski definition) is 2. The van der Waals surface area contributed by atoms with Gasteiger partial charge in [0.2, 0.25) is 0 Å². The van der Waals surface area contributed by atoms with Crippen molar-refractivity contribution >= 4 is 11.4 Å². The van der Waals surface area contributed by atoms with Gasteiger partial charge in [-0.05, 0) is 65.0 Å². The van der Waals surface area contributed by atoms with Crippen LogP contribution in [0.2, 0.25) is 0 Å². The third-order valence-electron chi connectivity index (χ3n) is 7.42. The van der Waals surface area contributed by atoms with Gasteiger partial charge in [0, 0.05) is 22.4 Å². The van der Waals surface area contributed by atoms with Crippen LogP contribution in [0.25, 0.3) is 16.8 Å². The normalized spacial score (nSPS) is 17.0. The van der Waals surface area contributed by atoms with Crippen molar-refractivity contribution in [2.75, 3.05) is 4.90 Å². The third kappa shape index (κ3) is 4.07. The highest BCUT2D eigenvalue weighted by Crippen LogP contribution is 2.52. The summed E-state index contributed by atoms with van der Waals surface area (Å²) in [6.07, 6.45) is 1.18. The van der Waals surface area contributed by atoms with E-state index in [-0.39, 0.29) is 11.6 Å². The predicted molar refractivity (Wildman–Crippen MR) is 151 cm³/mol. The Kier molecular flexibility index (Phi) is 5.82. The van der Waals surface area contributed by atoms with Crippen LogP contribution in [-0.4, -0.2) is 0 Å². The van der Waals surface area contributed by atoms with Crippen LogP contribution < -0.4 is 10.2 Å². The molecule has 3 aromatic rings. The Labute approximate surface area is 212 Å². The maximum atomic E-state index is 3.89. The first-order chi connectivity index (χ1) is 16.6. The first-order valence-electron chi connectivity index (χ1n) is 13.2. The van der Waals surface area contributed by atoms with E-state index in [1.807, 2.05) is 0 Å². The number of nitrogens with one attached hydrogen (secondary N) is 1. The van der Waals surface area contributed by atoms with Gasteiger partial charge >= 0.3 is 0 Å². The van der Waals surface area contributed by atoms with Crippen LogP contribution in [0.15, 0.2) is 66.4 Å². The molecular weight excluding hydrogens is 424 g/mol. The summed E-state index contributed by atoms with van der Waals surface area (Å²) in [5.41, 5.74) is 13.9. The highest BCUT2D eigenvalue weighted by molar-refractivity contribution is 5.96. The van der Waals surface area contributed by atoms with Crippen LogP contribution in [0.3, 0.4) is 0 Å². The molecule has 1 atom stereocenters. The summed E-state index contributed by atoms with van der Waals surface area (Å²) < 4.78 is 0. The molecule has 2 aliphatic rings. The summed E-state index contributed by atoms with van der Waals surface area (Å²) in [6.45, 7) is 18.5. The zero-order valence-corrected chi connectivity index (χ0v) is 22.7. The molecule has 0 saturated carbocycles. The molecule has 0 fully saturated rings. The summed E-state index contributed by atoms with van der Waals surface area (Å²) in [5.74, 6) is 0.905. The number of hydrogen-bond donors (Lipinski definition) is 1. The van der Waals surface area contributed by atoms with Gasteiger partial charge in [-0.1, -0.05) is 97.0 Å². The van der Waals surface area contributed by atoms with Crippen LogP contribution in [-0.2, 0) is 6.42 Å². The number of allylic oxidation sites excluding steroid dienone is 1. The van der Waals surface area contributed by atoms with Crippen LogP contribution in [0.1, 0.15) is 101 Å². The molecular formula is C33H40N2. The molecule has 3 aromatic carbocycles. The lowest BCUT2D eigenvalue weighted by Gasteiger charge is -2.38. The van der Waals surface area contributed by atoms with E-state index in [4.69, 9.17) is 0 Å². The van der Waals surface area contributed by atoms with Crippen LogP contribution in [0.4, 0.5) is 5.69 Å². The van der Waals surface area contributed by atoms with Crippen molar-refractivity contribution in [3.8, 4) is 11.1 Å². The highest BCUT2D eigenvalue weighted by atomic mass is 15.3. The van der Waals surface area contributed by atoms with Gasteiger partial charge in [-0.25, -0.2) is 0 Å². The molecule has 2 heteroatoms. The molecule has 0 amide bonds. The Morgan fingerprint density at radius 3 is 2.11 bits per heavy atom. The molecule has 0 aliphatic carbocycles. The van der Waals surface area contributed by atoms with E-state index in [0.717, 1.165) is 6.42 Å². The van der Waals surface area contributed by atoms with Gasteiger partial charge in [0.05, 0.1) is 11.4 Å². The molecule has 1 N–H and O–H groups in total. The molecule has 1 unspecified atom stereocenters. The Bertz CT molecular complexity index is 1280. The minimum atomic E-state index is 0.113. The van der Waals surface area contributed by atoms with Crippen LogP contribution in [0.5, 0.6) is 0 Å². The van der Waals surface area contributed by atoms with Crippen molar-refractivity contribution in [2.24, 2.45) is 5.41 Å². The number of anilines is 1. The SMILES string of the molecule is CC1=C(c2c(C(C)C)cccc2C(C)C)N2c3ccc(CC(C)(C)C)cc3-c3ccccc3C2N1. The Balaban J connectivity index is 1.75. The molecule has 2 nitrogen and oxygen atoms in total. The molecule has 5 rings (SSSR count). The summed E-state index contributed by atoms with van der Waals surface area (Å²) in [7, 11) is 0. The molecule has 0 spiro atoms. The Morgan fingerprint density at radius 2 is 1.49 bits per heavy atom. The number of fused-ring (bicyclic) bond motifs is 6. The largest absolute Gasteiger partial charge is 0.363 e. The second-order valence-electron chi connectivity index (χ2n) is 12.2. The van der Waals surface area contributed by atoms with Crippen LogP contribution >= 0.6 is 0 Å². The maximum absolute atomic E-state index is 3.89. The average molecular weight is 465 g/mol. The zero-order valence-electron chi connectivity index (χ0n) is 22.7. The molecule has 0 radical (unpaired) electrons. The average Bonchev–Trinajstić information content (AvgIpc) is 3.14. The van der Waals surface area contributed by atoms with Gasteiger partial charge in [-0.2, -0.15) is 0 Å². The van der Waals surface area contributed by atoms with Gasteiger partial charge < -0.3 is 10.2 Å².